The molecule has 27 heavy (non-hydrogen) atoms. The van der Waals surface area contributed by atoms with Gasteiger partial charge in [0.1, 0.15) is 13.2 Å². The lowest BCUT2D eigenvalue weighted by atomic mass is 10.1. The molecule has 136 valence electrons. The number of hydrogen-bond donors (Lipinski definition) is 1. The minimum atomic E-state index is -0.597. The van der Waals surface area contributed by atoms with Gasteiger partial charge < -0.3 is 19.5 Å². The molecule has 0 atom stereocenters. The van der Waals surface area contributed by atoms with E-state index < -0.39 is 11.9 Å². The highest BCUT2D eigenvalue weighted by Crippen LogP contribution is 2.30. The van der Waals surface area contributed by atoms with E-state index in [9.17, 15) is 9.59 Å². The standard InChI is InChI=1S/C21H17NO5/c23-20(22-17-7-5-14-3-1-2-4-15(14)11-17)13-27-21(24)16-6-8-18-19(12-16)26-10-9-25-18/h1-8,11-12H,9-10,13H2,(H,22,23). The largest absolute Gasteiger partial charge is 0.486 e. The van der Waals surface area contributed by atoms with Crippen LogP contribution < -0.4 is 14.8 Å². The van der Waals surface area contributed by atoms with Crippen molar-refractivity contribution in [2.75, 3.05) is 25.1 Å². The Labute approximate surface area is 155 Å². The normalized spacial score (nSPS) is 12.4. The second kappa shape index (κ2) is 7.37. The molecule has 0 unspecified atom stereocenters. The number of rotatable bonds is 4. The molecule has 1 heterocycles. The van der Waals surface area contributed by atoms with E-state index in [2.05, 4.69) is 5.32 Å². The van der Waals surface area contributed by atoms with Crippen LogP contribution in [0.15, 0.2) is 60.7 Å². The van der Waals surface area contributed by atoms with Crippen LogP contribution in [0.4, 0.5) is 5.69 Å². The quantitative estimate of drug-likeness (QED) is 0.719. The molecule has 6 nitrogen and oxygen atoms in total. The summed E-state index contributed by atoms with van der Waals surface area (Å²) in [6.07, 6.45) is 0. The number of hydrogen-bond acceptors (Lipinski definition) is 5. The van der Waals surface area contributed by atoms with E-state index in [4.69, 9.17) is 14.2 Å². The van der Waals surface area contributed by atoms with Crippen molar-refractivity contribution in [2.24, 2.45) is 0 Å². The fourth-order valence-electron chi connectivity index (χ4n) is 2.85. The molecule has 0 aliphatic carbocycles. The van der Waals surface area contributed by atoms with Gasteiger partial charge >= 0.3 is 5.97 Å². The van der Waals surface area contributed by atoms with Crippen LogP contribution in [0.1, 0.15) is 10.4 Å². The molecule has 1 amide bonds. The summed E-state index contributed by atoms with van der Waals surface area (Å²) in [5, 5.41) is 4.83. The Balaban J connectivity index is 1.36. The van der Waals surface area contributed by atoms with Crippen LogP contribution in [0.25, 0.3) is 10.8 Å². The molecule has 1 aliphatic rings. The minimum absolute atomic E-state index is 0.303. The number of ether oxygens (including phenoxy) is 3. The molecular weight excluding hydrogens is 346 g/mol. The average Bonchev–Trinajstić information content (AvgIpc) is 2.71. The van der Waals surface area contributed by atoms with Crippen LogP contribution in [-0.4, -0.2) is 31.7 Å². The van der Waals surface area contributed by atoms with E-state index in [1.807, 2.05) is 42.5 Å². The molecule has 3 aromatic rings. The maximum absolute atomic E-state index is 12.2. The number of fused-ring (bicyclic) bond motifs is 2. The lowest BCUT2D eigenvalue weighted by Gasteiger charge is -2.18. The van der Waals surface area contributed by atoms with E-state index in [0.29, 0.717) is 36.0 Å². The summed E-state index contributed by atoms with van der Waals surface area (Å²) in [6.45, 7) is 0.533. The molecule has 0 radical (unpaired) electrons. The van der Waals surface area contributed by atoms with Gasteiger partial charge in [0.25, 0.3) is 5.91 Å². The number of esters is 1. The Kier molecular flexibility index (Phi) is 4.61. The summed E-state index contributed by atoms with van der Waals surface area (Å²) in [4.78, 5) is 24.2. The number of amides is 1. The van der Waals surface area contributed by atoms with Crippen molar-refractivity contribution in [1.29, 1.82) is 0 Å². The van der Waals surface area contributed by atoms with Crippen LogP contribution >= 0.6 is 0 Å². The first-order valence-electron chi connectivity index (χ1n) is 8.54. The molecule has 0 fully saturated rings. The van der Waals surface area contributed by atoms with Crippen LogP contribution in [0, 0.1) is 0 Å². The van der Waals surface area contributed by atoms with Crippen molar-refractivity contribution in [2.45, 2.75) is 0 Å². The van der Waals surface area contributed by atoms with Crippen molar-refractivity contribution < 1.29 is 23.8 Å². The molecule has 0 saturated carbocycles. The second-order valence-electron chi connectivity index (χ2n) is 6.04. The zero-order valence-corrected chi connectivity index (χ0v) is 14.4. The van der Waals surface area contributed by atoms with Gasteiger partial charge in [-0.3, -0.25) is 4.79 Å². The van der Waals surface area contributed by atoms with Gasteiger partial charge in [0.15, 0.2) is 18.1 Å². The minimum Gasteiger partial charge on any atom is -0.486 e. The van der Waals surface area contributed by atoms with Crippen LogP contribution in [-0.2, 0) is 9.53 Å². The van der Waals surface area contributed by atoms with Gasteiger partial charge in [-0.05, 0) is 41.1 Å². The van der Waals surface area contributed by atoms with Gasteiger partial charge in [-0.2, -0.15) is 0 Å². The third-order valence-corrected chi connectivity index (χ3v) is 4.15. The van der Waals surface area contributed by atoms with E-state index in [-0.39, 0.29) is 6.61 Å². The van der Waals surface area contributed by atoms with Gasteiger partial charge in [-0.1, -0.05) is 30.3 Å². The molecule has 0 aromatic heterocycles. The molecule has 1 aliphatic heterocycles. The molecule has 0 bridgehead atoms. The zero-order chi connectivity index (χ0) is 18.6. The summed E-state index contributed by atoms with van der Waals surface area (Å²) in [6, 6.07) is 18.2. The van der Waals surface area contributed by atoms with E-state index in [0.717, 1.165) is 10.8 Å². The highest BCUT2D eigenvalue weighted by atomic mass is 16.6. The smallest absolute Gasteiger partial charge is 0.338 e. The van der Waals surface area contributed by atoms with Gasteiger partial charge in [-0.25, -0.2) is 4.79 Å². The van der Waals surface area contributed by atoms with Crippen molar-refractivity contribution in [3.8, 4) is 11.5 Å². The van der Waals surface area contributed by atoms with E-state index >= 15 is 0 Å². The van der Waals surface area contributed by atoms with Crippen molar-refractivity contribution >= 4 is 28.3 Å². The third kappa shape index (κ3) is 3.84. The zero-order valence-electron chi connectivity index (χ0n) is 14.4. The molecule has 4 rings (SSSR count). The highest BCUT2D eigenvalue weighted by molar-refractivity contribution is 5.97. The first-order valence-corrected chi connectivity index (χ1v) is 8.54. The Morgan fingerprint density at radius 2 is 1.67 bits per heavy atom. The molecule has 1 N–H and O–H groups in total. The predicted molar refractivity (Wildman–Crippen MR) is 100 cm³/mol. The van der Waals surface area contributed by atoms with Gasteiger partial charge in [0.05, 0.1) is 5.56 Å². The van der Waals surface area contributed by atoms with E-state index in [1.54, 1.807) is 18.2 Å². The summed E-state index contributed by atoms with van der Waals surface area (Å²) < 4.78 is 15.9. The summed E-state index contributed by atoms with van der Waals surface area (Å²) in [5.41, 5.74) is 0.951. The molecule has 0 spiro atoms. The first-order chi connectivity index (χ1) is 13.2. The van der Waals surface area contributed by atoms with Gasteiger partial charge in [-0.15, -0.1) is 0 Å². The summed E-state index contributed by atoms with van der Waals surface area (Å²) >= 11 is 0. The number of nitrogens with one attached hydrogen (secondary N) is 1. The molecule has 0 saturated heterocycles. The highest BCUT2D eigenvalue weighted by Gasteiger charge is 2.16. The monoisotopic (exact) mass is 363 g/mol. The van der Waals surface area contributed by atoms with Crippen LogP contribution in [0.3, 0.4) is 0 Å². The number of anilines is 1. The Bertz CT molecular complexity index is 1010. The predicted octanol–water partition coefficient (Wildman–Crippen LogP) is 3.41. The Hall–Kier alpha value is -3.54. The molecular formula is C21H17NO5. The number of carbonyl (C=O) groups is 2. The third-order valence-electron chi connectivity index (χ3n) is 4.15. The van der Waals surface area contributed by atoms with Crippen LogP contribution in [0.2, 0.25) is 0 Å². The first kappa shape index (κ1) is 16.9. The molecule has 6 heteroatoms. The van der Waals surface area contributed by atoms with Gasteiger partial charge in [0, 0.05) is 5.69 Å². The van der Waals surface area contributed by atoms with Crippen LogP contribution in [0.5, 0.6) is 11.5 Å². The van der Waals surface area contributed by atoms with Gasteiger partial charge in [0.2, 0.25) is 0 Å². The van der Waals surface area contributed by atoms with Crippen molar-refractivity contribution in [1.82, 2.24) is 0 Å². The Morgan fingerprint density at radius 1 is 0.889 bits per heavy atom. The number of benzene rings is 3. The maximum atomic E-state index is 12.2. The second-order valence-corrected chi connectivity index (χ2v) is 6.04. The summed E-state index contributed by atoms with van der Waals surface area (Å²) in [5.74, 6) is 0.0833. The summed E-state index contributed by atoms with van der Waals surface area (Å²) in [7, 11) is 0. The molecule has 3 aromatic carbocycles. The SMILES string of the molecule is O=C(COC(=O)c1ccc2c(c1)OCCO2)Nc1ccc2ccccc2c1. The van der Waals surface area contributed by atoms with Crippen molar-refractivity contribution in [3.63, 3.8) is 0 Å². The lowest BCUT2D eigenvalue weighted by molar-refractivity contribution is -0.119. The fraction of sp³-hybridized carbons (Fsp3) is 0.143. The Morgan fingerprint density at radius 3 is 2.52 bits per heavy atom. The number of carbonyl (C=O) groups excluding carboxylic acids is 2. The fourth-order valence-corrected chi connectivity index (χ4v) is 2.85. The maximum Gasteiger partial charge on any atom is 0.338 e. The average molecular weight is 363 g/mol. The lowest BCUT2D eigenvalue weighted by Crippen LogP contribution is -2.21. The topological polar surface area (TPSA) is 73.9 Å². The van der Waals surface area contributed by atoms with Crippen molar-refractivity contribution in [3.05, 3.63) is 66.2 Å². The van der Waals surface area contributed by atoms with E-state index in [1.165, 1.54) is 0 Å².